The van der Waals surface area contributed by atoms with Crippen LogP contribution >= 0.6 is 11.6 Å². The first kappa shape index (κ1) is 23.5. The quantitative estimate of drug-likeness (QED) is 0.344. The largest absolute Gasteiger partial charge is 0.454 e. The summed E-state index contributed by atoms with van der Waals surface area (Å²) in [7, 11) is -3.92. The highest BCUT2D eigenvalue weighted by molar-refractivity contribution is 7.92. The summed E-state index contributed by atoms with van der Waals surface area (Å²) in [6, 6.07) is 19.2. The van der Waals surface area contributed by atoms with Gasteiger partial charge in [0.1, 0.15) is 0 Å². The van der Waals surface area contributed by atoms with Gasteiger partial charge in [0.15, 0.2) is 12.4 Å². The highest BCUT2D eigenvalue weighted by Crippen LogP contribution is 2.26. The average molecular weight is 472 g/mol. The first-order valence-corrected chi connectivity index (χ1v) is 11.7. The van der Waals surface area contributed by atoms with E-state index < -0.39 is 28.4 Å². The summed E-state index contributed by atoms with van der Waals surface area (Å²) in [5.74, 6) is -1.18. The second kappa shape index (κ2) is 9.97. The predicted molar refractivity (Wildman–Crippen MR) is 124 cm³/mol. The topological polar surface area (TPSA) is 80.8 Å². The Morgan fingerprint density at radius 1 is 0.938 bits per heavy atom. The van der Waals surface area contributed by atoms with Crippen molar-refractivity contribution in [1.29, 1.82) is 0 Å². The van der Waals surface area contributed by atoms with Crippen LogP contribution in [0.25, 0.3) is 0 Å². The molecule has 0 spiro atoms. The number of hydrogen-bond acceptors (Lipinski definition) is 5. The number of esters is 1. The zero-order chi connectivity index (χ0) is 23.3. The second-order valence-corrected chi connectivity index (χ2v) is 9.26. The maximum Gasteiger partial charge on any atom is 0.338 e. The van der Waals surface area contributed by atoms with Crippen LogP contribution in [0.5, 0.6) is 0 Å². The van der Waals surface area contributed by atoms with E-state index in [1.54, 1.807) is 62.4 Å². The smallest absolute Gasteiger partial charge is 0.338 e. The average Bonchev–Trinajstić information content (AvgIpc) is 2.79. The van der Waals surface area contributed by atoms with Gasteiger partial charge in [-0.25, -0.2) is 13.2 Å². The van der Waals surface area contributed by atoms with Crippen LogP contribution in [0, 0.1) is 6.92 Å². The molecule has 166 valence electrons. The Morgan fingerprint density at radius 2 is 1.56 bits per heavy atom. The number of ketones is 1. The third kappa shape index (κ3) is 5.18. The number of Topliss-reactive ketones (excluding diaryl/α,β-unsaturated/α-hetero) is 1. The Hall–Kier alpha value is -3.16. The molecule has 3 aromatic rings. The fourth-order valence-electron chi connectivity index (χ4n) is 3.14. The first-order chi connectivity index (χ1) is 15.2. The molecular weight excluding hydrogens is 450 g/mol. The van der Waals surface area contributed by atoms with E-state index in [0.29, 0.717) is 21.8 Å². The van der Waals surface area contributed by atoms with Gasteiger partial charge in [0, 0.05) is 17.1 Å². The van der Waals surface area contributed by atoms with E-state index in [9.17, 15) is 18.0 Å². The number of para-hydroxylation sites is 1. The fraction of sp³-hybridized carbons (Fsp3) is 0.167. The summed E-state index contributed by atoms with van der Waals surface area (Å²) >= 11 is 5.81. The molecule has 0 saturated carbocycles. The SMILES string of the molecule is CCN(c1ccccc1)S(=O)(=O)c1cc(C(=O)OCC(=O)c2ccc(Cl)cc2)ccc1C. The zero-order valence-corrected chi connectivity index (χ0v) is 19.2. The van der Waals surface area contributed by atoms with Crippen LogP contribution in [0.4, 0.5) is 5.69 Å². The monoisotopic (exact) mass is 471 g/mol. The standard InChI is InChI=1S/C24H22ClNO5S/c1-3-26(21-7-5-4-6-8-21)32(29,30)23-15-19(10-9-17(23)2)24(28)31-16-22(27)18-11-13-20(25)14-12-18/h4-15H,3,16H2,1-2H3. The molecule has 0 aliphatic carbocycles. The van der Waals surface area contributed by atoms with Gasteiger partial charge in [-0.2, -0.15) is 0 Å². The van der Waals surface area contributed by atoms with Crippen molar-refractivity contribution in [3.05, 3.63) is 94.5 Å². The molecule has 0 heterocycles. The molecule has 32 heavy (non-hydrogen) atoms. The van der Waals surface area contributed by atoms with E-state index >= 15 is 0 Å². The van der Waals surface area contributed by atoms with Gasteiger partial charge in [0.2, 0.25) is 0 Å². The molecule has 6 nitrogen and oxygen atoms in total. The third-order valence-electron chi connectivity index (χ3n) is 4.82. The van der Waals surface area contributed by atoms with Crippen molar-refractivity contribution in [2.45, 2.75) is 18.7 Å². The normalized spacial score (nSPS) is 11.1. The van der Waals surface area contributed by atoms with E-state index in [1.165, 1.54) is 28.6 Å². The van der Waals surface area contributed by atoms with Crippen LogP contribution in [0.3, 0.4) is 0 Å². The van der Waals surface area contributed by atoms with Gasteiger partial charge < -0.3 is 4.74 Å². The molecular formula is C24H22ClNO5S. The Labute approximate surface area is 192 Å². The molecule has 0 unspecified atom stereocenters. The third-order valence-corrected chi connectivity index (χ3v) is 7.12. The summed E-state index contributed by atoms with van der Waals surface area (Å²) in [4.78, 5) is 24.8. The van der Waals surface area contributed by atoms with Crippen molar-refractivity contribution in [2.24, 2.45) is 0 Å². The number of rotatable bonds is 8. The van der Waals surface area contributed by atoms with Crippen molar-refractivity contribution in [3.8, 4) is 0 Å². The van der Waals surface area contributed by atoms with Crippen LogP contribution in [-0.4, -0.2) is 33.3 Å². The number of aryl methyl sites for hydroxylation is 1. The van der Waals surface area contributed by atoms with Crippen molar-refractivity contribution in [3.63, 3.8) is 0 Å². The maximum absolute atomic E-state index is 13.3. The van der Waals surface area contributed by atoms with Crippen LogP contribution in [0.1, 0.15) is 33.2 Å². The lowest BCUT2D eigenvalue weighted by molar-refractivity contribution is 0.0474. The highest BCUT2D eigenvalue weighted by atomic mass is 35.5. The summed E-state index contributed by atoms with van der Waals surface area (Å²) in [6.07, 6.45) is 0. The zero-order valence-electron chi connectivity index (χ0n) is 17.6. The van der Waals surface area contributed by atoms with Crippen molar-refractivity contribution in [1.82, 2.24) is 0 Å². The van der Waals surface area contributed by atoms with E-state index in [2.05, 4.69) is 0 Å². The van der Waals surface area contributed by atoms with Gasteiger partial charge in [-0.1, -0.05) is 35.9 Å². The number of halogens is 1. The minimum Gasteiger partial charge on any atom is -0.454 e. The predicted octanol–water partition coefficient (Wildman–Crippen LogP) is 4.90. The number of nitrogens with zero attached hydrogens (tertiary/aromatic N) is 1. The molecule has 0 aromatic heterocycles. The molecule has 0 fully saturated rings. The van der Waals surface area contributed by atoms with E-state index in [1.807, 2.05) is 0 Å². The molecule has 0 radical (unpaired) electrons. The molecule has 0 aliphatic rings. The molecule has 0 amide bonds. The second-order valence-electron chi connectivity index (χ2n) is 6.99. The van der Waals surface area contributed by atoms with E-state index in [4.69, 9.17) is 16.3 Å². The van der Waals surface area contributed by atoms with Crippen molar-refractivity contribution < 1.29 is 22.7 Å². The number of anilines is 1. The van der Waals surface area contributed by atoms with Gasteiger partial charge in [-0.15, -0.1) is 0 Å². The maximum atomic E-state index is 13.3. The number of ether oxygens (including phenoxy) is 1. The minimum absolute atomic E-state index is 0.00156. The number of hydrogen-bond donors (Lipinski definition) is 0. The summed E-state index contributed by atoms with van der Waals surface area (Å²) < 4.78 is 33.1. The van der Waals surface area contributed by atoms with Gasteiger partial charge in [-0.05, 0) is 67.9 Å². The molecule has 0 bridgehead atoms. The molecule has 8 heteroatoms. The van der Waals surface area contributed by atoms with E-state index in [0.717, 1.165) is 0 Å². The van der Waals surface area contributed by atoms with Gasteiger partial charge in [0.05, 0.1) is 16.1 Å². The summed E-state index contributed by atoms with van der Waals surface area (Å²) in [6.45, 7) is 3.14. The van der Waals surface area contributed by atoms with Crippen molar-refractivity contribution in [2.75, 3.05) is 17.5 Å². The Morgan fingerprint density at radius 3 is 2.19 bits per heavy atom. The Bertz CT molecular complexity index is 1230. The van der Waals surface area contributed by atoms with Crippen molar-refractivity contribution >= 4 is 39.1 Å². The first-order valence-electron chi connectivity index (χ1n) is 9.88. The van der Waals surface area contributed by atoms with Gasteiger partial charge in [0.25, 0.3) is 10.0 Å². The number of carbonyl (C=O) groups excluding carboxylic acids is 2. The number of sulfonamides is 1. The summed E-state index contributed by atoms with van der Waals surface area (Å²) in [5.41, 5.74) is 1.42. The molecule has 3 aromatic carbocycles. The molecule has 0 saturated heterocycles. The minimum atomic E-state index is -3.92. The van der Waals surface area contributed by atoms with Gasteiger partial charge in [-0.3, -0.25) is 9.10 Å². The number of benzene rings is 3. The molecule has 0 N–H and O–H groups in total. The lowest BCUT2D eigenvalue weighted by Gasteiger charge is -2.24. The summed E-state index contributed by atoms with van der Waals surface area (Å²) in [5, 5.41) is 0.489. The van der Waals surface area contributed by atoms with Crippen LogP contribution in [-0.2, 0) is 14.8 Å². The molecule has 0 aliphatic heterocycles. The van der Waals surface area contributed by atoms with Gasteiger partial charge >= 0.3 is 5.97 Å². The highest BCUT2D eigenvalue weighted by Gasteiger charge is 2.26. The van der Waals surface area contributed by atoms with E-state index in [-0.39, 0.29) is 17.0 Å². The molecule has 0 atom stereocenters. The number of carbonyl (C=O) groups is 2. The lowest BCUT2D eigenvalue weighted by Crippen LogP contribution is -2.31. The lowest BCUT2D eigenvalue weighted by atomic mass is 10.1. The fourth-order valence-corrected chi connectivity index (χ4v) is 5.00. The Kier molecular flexibility index (Phi) is 7.33. The van der Waals surface area contributed by atoms with Crippen LogP contribution in [0.15, 0.2) is 77.7 Å². The Balaban J connectivity index is 1.82. The molecule has 3 rings (SSSR count). The van der Waals surface area contributed by atoms with Crippen LogP contribution in [0.2, 0.25) is 5.02 Å². The van der Waals surface area contributed by atoms with Crippen LogP contribution < -0.4 is 4.31 Å².